The molecule has 40 heavy (non-hydrogen) atoms. The van der Waals surface area contributed by atoms with Gasteiger partial charge >= 0.3 is 11.9 Å². The fourth-order valence-corrected chi connectivity index (χ4v) is 4.92. The lowest BCUT2D eigenvalue weighted by atomic mass is 10.0. The van der Waals surface area contributed by atoms with Gasteiger partial charge in [-0.3, -0.25) is 9.59 Å². The number of ether oxygens (including phenoxy) is 1. The summed E-state index contributed by atoms with van der Waals surface area (Å²) in [4.78, 5) is 23.4. The average Bonchev–Trinajstić information content (AvgIpc) is 2.93. The summed E-state index contributed by atoms with van der Waals surface area (Å²) in [6.07, 6.45) is 40.2. The van der Waals surface area contributed by atoms with Crippen LogP contribution < -0.4 is 0 Å². The second-order valence-electron chi connectivity index (χ2n) is 11.3. The van der Waals surface area contributed by atoms with Crippen LogP contribution in [0.25, 0.3) is 0 Å². The maximum absolute atomic E-state index is 12.3. The number of carbonyl (C=O) groups is 2. The summed E-state index contributed by atoms with van der Waals surface area (Å²) in [5, 5.41) is 9.19. The van der Waals surface area contributed by atoms with Crippen molar-refractivity contribution in [3.63, 3.8) is 0 Å². The van der Waals surface area contributed by atoms with Crippen LogP contribution in [0.4, 0.5) is 0 Å². The van der Waals surface area contributed by atoms with Crippen molar-refractivity contribution in [2.24, 2.45) is 0 Å². The summed E-state index contributed by atoms with van der Waals surface area (Å²) in [6, 6.07) is 0. The predicted octanol–water partition coefficient (Wildman–Crippen LogP) is 11.4. The van der Waals surface area contributed by atoms with Gasteiger partial charge in [0.25, 0.3) is 0 Å². The van der Waals surface area contributed by atoms with E-state index in [1.165, 1.54) is 89.9 Å². The Bertz CT molecular complexity index is 649. The molecule has 0 rings (SSSR count). The van der Waals surface area contributed by atoms with Crippen molar-refractivity contribution in [1.82, 2.24) is 0 Å². The van der Waals surface area contributed by atoms with Crippen molar-refractivity contribution in [2.45, 2.75) is 180 Å². The summed E-state index contributed by atoms with van der Waals surface area (Å²) in [6.45, 7) is 4.40. The Morgan fingerprint density at radius 3 is 1.62 bits per heavy atom. The molecule has 0 saturated carbocycles. The molecule has 0 fully saturated rings. The van der Waals surface area contributed by atoms with Crippen LogP contribution in [0.2, 0.25) is 0 Å². The molecule has 1 atom stereocenters. The van der Waals surface area contributed by atoms with Gasteiger partial charge in [0.15, 0.2) is 0 Å². The Hall–Kier alpha value is -1.84. The van der Waals surface area contributed by atoms with E-state index in [1.807, 2.05) is 0 Å². The molecule has 0 aliphatic heterocycles. The third kappa shape index (κ3) is 30.7. The first-order valence-corrected chi connectivity index (χ1v) is 17.0. The van der Waals surface area contributed by atoms with Crippen LogP contribution in [0.3, 0.4) is 0 Å². The summed E-state index contributed by atoms with van der Waals surface area (Å²) < 4.78 is 5.54. The number of hydrogen-bond acceptors (Lipinski definition) is 3. The minimum atomic E-state index is -0.885. The van der Waals surface area contributed by atoms with Crippen LogP contribution in [-0.4, -0.2) is 23.1 Å². The van der Waals surface area contributed by atoms with Gasteiger partial charge in [0.2, 0.25) is 0 Å². The molecule has 1 N–H and O–H groups in total. The smallest absolute Gasteiger partial charge is 0.307 e. The van der Waals surface area contributed by atoms with Crippen LogP contribution in [0.5, 0.6) is 0 Å². The largest absolute Gasteiger partial charge is 0.481 e. The Morgan fingerprint density at radius 1 is 0.600 bits per heavy atom. The minimum absolute atomic E-state index is 0.0758. The first-order valence-electron chi connectivity index (χ1n) is 17.0. The van der Waals surface area contributed by atoms with Crippen LogP contribution >= 0.6 is 0 Å². The van der Waals surface area contributed by atoms with Gasteiger partial charge in [-0.15, -0.1) is 0 Å². The number of hydrogen-bond donors (Lipinski definition) is 1. The van der Waals surface area contributed by atoms with Gasteiger partial charge in [0.1, 0.15) is 6.10 Å². The van der Waals surface area contributed by atoms with Crippen LogP contribution in [0, 0.1) is 0 Å². The number of unbranched alkanes of at least 4 members (excludes halogenated alkanes) is 17. The Balaban J connectivity index is 3.64. The van der Waals surface area contributed by atoms with Crippen molar-refractivity contribution in [1.29, 1.82) is 0 Å². The Labute approximate surface area is 248 Å². The summed E-state index contributed by atoms with van der Waals surface area (Å²) in [5.41, 5.74) is 0. The second kappa shape index (κ2) is 31.7. The van der Waals surface area contributed by atoms with E-state index in [1.54, 1.807) is 0 Å². The highest BCUT2D eigenvalue weighted by molar-refractivity contribution is 5.71. The average molecular weight is 561 g/mol. The SMILES string of the molecule is CC/C=C\C/C=C\C/C=C\CCCCCCCCCCCC(=O)OC(CCCCCCCCCCC)CC(=O)O. The molecule has 232 valence electrons. The van der Waals surface area contributed by atoms with Gasteiger partial charge in [-0.05, 0) is 51.4 Å². The van der Waals surface area contributed by atoms with Crippen molar-refractivity contribution in [2.75, 3.05) is 0 Å². The number of carboxylic acids is 1. The zero-order valence-corrected chi connectivity index (χ0v) is 26.4. The molecule has 0 saturated heterocycles. The lowest BCUT2D eigenvalue weighted by Crippen LogP contribution is -2.21. The highest BCUT2D eigenvalue weighted by Crippen LogP contribution is 2.16. The molecule has 0 spiro atoms. The van der Waals surface area contributed by atoms with E-state index in [4.69, 9.17) is 4.74 Å². The fraction of sp³-hybridized carbons (Fsp3) is 0.778. The Morgan fingerprint density at radius 2 is 1.07 bits per heavy atom. The number of rotatable bonds is 30. The first kappa shape index (κ1) is 38.2. The fourth-order valence-electron chi connectivity index (χ4n) is 4.92. The Kier molecular flexibility index (Phi) is 30.2. The summed E-state index contributed by atoms with van der Waals surface area (Å²) in [5.74, 6) is -1.11. The third-order valence-corrected chi connectivity index (χ3v) is 7.36. The van der Waals surface area contributed by atoms with E-state index >= 15 is 0 Å². The summed E-state index contributed by atoms with van der Waals surface area (Å²) in [7, 11) is 0. The highest BCUT2D eigenvalue weighted by atomic mass is 16.5. The van der Waals surface area contributed by atoms with E-state index < -0.39 is 12.1 Å². The second-order valence-corrected chi connectivity index (χ2v) is 11.3. The number of carboxylic acid groups (broad SMARTS) is 1. The predicted molar refractivity (Wildman–Crippen MR) is 172 cm³/mol. The van der Waals surface area contributed by atoms with Crippen molar-refractivity contribution >= 4 is 11.9 Å². The van der Waals surface area contributed by atoms with Gasteiger partial charge in [-0.2, -0.15) is 0 Å². The van der Waals surface area contributed by atoms with Gasteiger partial charge in [-0.25, -0.2) is 0 Å². The molecular formula is C36H64O4. The maximum Gasteiger partial charge on any atom is 0.307 e. The van der Waals surface area contributed by atoms with E-state index in [-0.39, 0.29) is 12.4 Å². The third-order valence-electron chi connectivity index (χ3n) is 7.36. The van der Waals surface area contributed by atoms with Crippen LogP contribution in [0.15, 0.2) is 36.5 Å². The van der Waals surface area contributed by atoms with Crippen molar-refractivity contribution in [3.8, 4) is 0 Å². The van der Waals surface area contributed by atoms with Gasteiger partial charge in [-0.1, -0.05) is 147 Å². The molecule has 0 aromatic carbocycles. The van der Waals surface area contributed by atoms with Crippen molar-refractivity contribution < 1.29 is 19.4 Å². The summed E-state index contributed by atoms with van der Waals surface area (Å²) >= 11 is 0. The molecule has 0 aliphatic carbocycles. The number of aliphatic carboxylic acids is 1. The molecule has 0 amide bonds. The van der Waals surface area contributed by atoms with Gasteiger partial charge < -0.3 is 9.84 Å². The van der Waals surface area contributed by atoms with Crippen molar-refractivity contribution in [3.05, 3.63) is 36.5 Å². The molecule has 4 nitrogen and oxygen atoms in total. The van der Waals surface area contributed by atoms with E-state index in [9.17, 15) is 14.7 Å². The van der Waals surface area contributed by atoms with Gasteiger partial charge in [0, 0.05) is 6.42 Å². The van der Waals surface area contributed by atoms with Gasteiger partial charge in [0.05, 0.1) is 6.42 Å². The normalized spacial score (nSPS) is 12.7. The highest BCUT2D eigenvalue weighted by Gasteiger charge is 2.17. The molecule has 1 unspecified atom stereocenters. The number of esters is 1. The molecule has 0 radical (unpaired) electrons. The van der Waals surface area contributed by atoms with Crippen LogP contribution in [-0.2, 0) is 14.3 Å². The lowest BCUT2D eigenvalue weighted by Gasteiger charge is -2.16. The number of carbonyl (C=O) groups excluding carboxylic acids is 1. The molecule has 0 aromatic heterocycles. The first-order chi connectivity index (χ1) is 19.6. The minimum Gasteiger partial charge on any atom is -0.481 e. The zero-order valence-electron chi connectivity index (χ0n) is 26.4. The molecule has 0 aromatic rings. The van der Waals surface area contributed by atoms with Crippen LogP contribution in [0.1, 0.15) is 174 Å². The molecule has 4 heteroatoms. The van der Waals surface area contributed by atoms with E-state index in [0.717, 1.165) is 51.4 Å². The number of allylic oxidation sites excluding steroid dienone is 6. The lowest BCUT2D eigenvalue weighted by molar-refractivity contribution is -0.153. The molecule has 0 bridgehead atoms. The quantitative estimate of drug-likeness (QED) is 0.0539. The topological polar surface area (TPSA) is 63.6 Å². The molecular weight excluding hydrogens is 496 g/mol. The monoisotopic (exact) mass is 560 g/mol. The standard InChI is InChI=1S/C36H64O4/c1-3-5-7-9-11-13-14-15-16-17-18-19-20-21-22-24-26-28-30-32-36(39)40-34(33-35(37)38)31-29-27-25-23-12-10-8-6-4-2/h5,7,11,13,15-16,34H,3-4,6,8-10,12,14,17-33H2,1-2H3,(H,37,38)/b7-5-,13-11-,16-15-. The zero-order chi connectivity index (χ0) is 29.4. The van der Waals surface area contributed by atoms with E-state index in [2.05, 4.69) is 50.3 Å². The van der Waals surface area contributed by atoms with E-state index in [0.29, 0.717) is 12.8 Å². The maximum atomic E-state index is 12.3. The molecule has 0 heterocycles. The molecule has 0 aliphatic rings.